The van der Waals surface area contributed by atoms with Crippen molar-refractivity contribution in [1.29, 1.82) is 0 Å². The maximum Gasteiger partial charge on any atom is 0.240 e. The minimum atomic E-state index is -3.54. The average molecular weight is 308 g/mol. The summed E-state index contributed by atoms with van der Waals surface area (Å²) in [7, 11) is -3.54. The van der Waals surface area contributed by atoms with E-state index >= 15 is 0 Å². The summed E-state index contributed by atoms with van der Waals surface area (Å²) >= 11 is 1.39. The summed E-state index contributed by atoms with van der Waals surface area (Å²) in [6.07, 6.45) is 1.63. The maximum atomic E-state index is 12.0. The zero-order valence-corrected chi connectivity index (χ0v) is 12.0. The monoisotopic (exact) mass is 308 g/mol. The summed E-state index contributed by atoms with van der Waals surface area (Å²) in [5.41, 5.74) is 2.30. The number of sulfonamides is 1. The molecular weight excluding hydrogens is 296 g/mol. The number of rotatable bonds is 4. The molecule has 0 spiro atoms. The van der Waals surface area contributed by atoms with Crippen molar-refractivity contribution in [3.8, 4) is 11.8 Å². The molecule has 7 heteroatoms. The highest BCUT2D eigenvalue weighted by molar-refractivity contribution is 7.89. The first kappa shape index (κ1) is 14.7. The molecular formula is C13H12N2O3S2. The van der Waals surface area contributed by atoms with Gasteiger partial charge in [-0.3, -0.25) is 4.98 Å². The molecule has 0 atom stereocenters. The van der Waals surface area contributed by atoms with E-state index in [2.05, 4.69) is 21.5 Å². The topological polar surface area (TPSA) is 79.3 Å². The Labute approximate surface area is 121 Å². The van der Waals surface area contributed by atoms with Crippen LogP contribution in [0.3, 0.4) is 0 Å². The fourth-order valence-electron chi connectivity index (χ4n) is 1.44. The highest BCUT2D eigenvalue weighted by atomic mass is 32.2. The lowest BCUT2D eigenvalue weighted by Gasteiger charge is -2.05. The third-order valence-electron chi connectivity index (χ3n) is 2.40. The summed E-state index contributed by atoms with van der Waals surface area (Å²) in [5, 5.41) is 8.59. The van der Waals surface area contributed by atoms with Crippen molar-refractivity contribution in [3.63, 3.8) is 0 Å². The first-order valence-electron chi connectivity index (χ1n) is 5.68. The molecule has 0 amide bonds. The lowest BCUT2D eigenvalue weighted by atomic mass is 10.2. The molecule has 2 aromatic rings. The lowest BCUT2D eigenvalue weighted by Crippen LogP contribution is -2.22. The third kappa shape index (κ3) is 3.88. The van der Waals surface area contributed by atoms with Gasteiger partial charge >= 0.3 is 0 Å². The molecule has 1 aromatic heterocycles. The van der Waals surface area contributed by atoms with Crippen molar-refractivity contribution in [2.24, 2.45) is 0 Å². The molecule has 2 N–H and O–H groups in total. The molecule has 1 aromatic carbocycles. The number of thiazole rings is 1. The smallest absolute Gasteiger partial charge is 0.240 e. The van der Waals surface area contributed by atoms with Crippen molar-refractivity contribution in [3.05, 3.63) is 46.4 Å². The van der Waals surface area contributed by atoms with Crippen LogP contribution in [0.5, 0.6) is 0 Å². The molecule has 0 saturated carbocycles. The van der Waals surface area contributed by atoms with Gasteiger partial charge in [0, 0.05) is 23.2 Å². The van der Waals surface area contributed by atoms with E-state index in [1.54, 1.807) is 23.8 Å². The Bertz CT molecular complexity index is 711. The minimum absolute atomic E-state index is 0.177. The Balaban J connectivity index is 2.09. The second-order valence-electron chi connectivity index (χ2n) is 3.78. The van der Waals surface area contributed by atoms with E-state index in [1.165, 1.54) is 23.5 Å². The van der Waals surface area contributed by atoms with Gasteiger partial charge in [0.15, 0.2) is 0 Å². The number of nitrogens with one attached hydrogen (secondary N) is 1. The lowest BCUT2D eigenvalue weighted by molar-refractivity contribution is 0.350. The van der Waals surface area contributed by atoms with Crippen molar-refractivity contribution < 1.29 is 13.5 Å². The van der Waals surface area contributed by atoms with Crippen LogP contribution in [-0.2, 0) is 16.6 Å². The normalized spacial score (nSPS) is 10.8. The van der Waals surface area contributed by atoms with Gasteiger partial charge in [-0.2, -0.15) is 0 Å². The number of hydrogen-bond donors (Lipinski definition) is 2. The van der Waals surface area contributed by atoms with Gasteiger partial charge in [-0.1, -0.05) is 11.8 Å². The van der Waals surface area contributed by atoms with Gasteiger partial charge in [-0.15, -0.1) is 11.3 Å². The zero-order chi connectivity index (χ0) is 14.4. The largest absolute Gasteiger partial charge is 0.384 e. The standard InChI is InChI=1S/C13H12N2O3S2/c16-7-1-2-11-3-5-13(6-4-11)20(17,18)15-9-12-8-14-10-19-12/h3-6,8,10,15-16H,7,9H2. The molecule has 0 aliphatic heterocycles. The van der Waals surface area contributed by atoms with Crippen LogP contribution >= 0.6 is 11.3 Å². The maximum absolute atomic E-state index is 12.0. The number of aliphatic hydroxyl groups is 1. The Kier molecular flexibility index (Phi) is 4.87. The van der Waals surface area contributed by atoms with Crippen LogP contribution in [0.25, 0.3) is 0 Å². The molecule has 0 saturated heterocycles. The van der Waals surface area contributed by atoms with Gasteiger partial charge in [0.2, 0.25) is 10.0 Å². The van der Waals surface area contributed by atoms with Gasteiger partial charge in [0.05, 0.1) is 10.4 Å². The quantitative estimate of drug-likeness (QED) is 0.825. The molecule has 0 fully saturated rings. The van der Waals surface area contributed by atoms with Gasteiger partial charge in [-0.25, -0.2) is 13.1 Å². The van der Waals surface area contributed by atoms with Gasteiger partial charge in [-0.05, 0) is 24.3 Å². The van der Waals surface area contributed by atoms with E-state index in [0.29, 0.717) is 5.56 Å². The second kappa shape index (κ2) is 6.63. The molecule has 1 heterocycles. The van der Waals surface area contributed by atoms with Crippen LogP contribution in [0, 0.1) is 11.8 Å². The summed E-state index contributed by atoms with van der Waals surface area (Å²) < 4.78 is 26.6. The van der Waals surface area contributed by atoms with E-state index in [0.717, 1.165) is 4.88 Å². The van der Waals surface area contributed by atoms with Crippen LogP contribution in [0.4, 0.5) is 0 Å². The molecule has 104 valence electrons. The molecule has 2 rings (SSSR count). The van der Waals surface area contributed by atoms with E-state index in [1.807, 2.05) is 0 Å². The van der Waals surface area contributed by atoms with Gasteiger partial charge in [0.1, 0.15) is 6.61 Å². The van der Waals surface area contributed by atoms with Crippen LogP contribution < -0.4 is 4.72 Å². The minimum Gasteiger partial charge on any atom is -0.384 e. The van der Waals surface area contributed by atoms with Crippen molar-refractivity contribution in [1.82, 2.24) is 9.71 Å². The number of benzene rings is 1. The van der Waals surface area contributed by atoms with E-state index < -0.39 is 10.0 Å². The Morgan fingerprint density at radius 1 is 1.30 bits per heavy atom. The highest BCUT2D eigenvalue weighted by Crippen LogP contribution is 2.12. The SMILES string of the molecule is O=S(=O)(NCc1cncs1)c1ccc(C#CCO)cc1. The second-order valence-corrected chi connectivity index (χ2v) is 6.51. The van der Waals surface area contributed by atoms with Crippen LogP contribution in [-0.4, -0.2) is 25.1 Å². The molecule has 0 aliphatic carbocycles. The molecule has 0 radical (unpaired) electrons. The van der Waals surface area contributed by atoms with Crippen LogP contribution in [0.1, 0.15) is 10.4 Å². The Morgan fingerprint density at radius 2 is 2.05 bits per heavy atom. The van der Waals surface area contributed by atoms with Gasteiger partial charge in [0.25, 0.3) is 0 Å². The van der Waals surface area contributed by atoms with Crippen LogP contribution in [0.15, 0.2) is 40.9 Å². The first-order valence-corrected chi connectivity index (χ1v) is 8.05. The predicted octanol–water partition coefficient (Wildman–Crippen LogP) is 0.965. The Morgan fingerprint density at radius 3 is 2.65 bits per heavy atom. The fraction of sp³-hybridized carbons (Fsp3) is 0.154. The predicted molar refractivity (Wildman–Crippen MR) is 76.5 cm³/mol. The molecule has 0 aliphatic rings. The number of aliphatic hydroxyl groups excluding tert-OH is 1. The molecule has 5 nitrogen and oxygen atoms in total. The van der Waals surface area contributed by atoms with Crippen LogP contribution in [0.2, 0.25) is 0 Å². The fourth-order valence-corrected chi connectivity index (χ4v) is 3.07. The Hall–Kier alpha value is -1.72. The van der Waals surface area contributed by atoms with Crippen molar-refractivity contribution in [2.75, 3.05) is 6.61 Å². The molecule has 0 bridgehead atoms. The first-order chi connectivity index (χ1) is 9.62. The molecule has 20 heavy (non-hydrogen) atoms. The van der Waals surface area contributed by atoms with E-state index in [9.17, 15) is 8.42 Å². The third-order valence-corrected chi connectivity index (χ3v) is 4.59. The summed E-state index contributed by atoms with van der Waals surface area (Å²) in [6, 6.07) is 6.17. The van der Waals surface area contributed by atoms with Gasteiger partial charge < -0.3 is 5.11 Å². The van der Waals surface area contributed by atoms with Crippen molar-refractivity contribution >= 4 is 21.4 Å². The van der Waals surface area contributed by atoms with Crippen molar-refractivity contribution in [2.45, 2.75) is 11.4 Å². The average Bonchev–Trinajstić information content (AvgIpc) is 2.97. The number of aromatic nitrogens is 1. The molecule has 0 unspecified atom stereocenters. The summed E-state index contributed by atoms with van der Waals surface area (Å²) in [4.78, 5) is 4.91. The number of hydrogen-bond acceptors (Lipinski definition) is 5. The van der Waals surface area contributed by atoms with E-state index in [-0.39, 0.29) is 18.0 Å². The summed E-state index contributed by atoms with van der Waals surface area (Å²) in [6.45, 7) is -0.00444. The van der Waals surface area contributed by atoms with E-state index in [4.69, 9.17) is 5.11 Å². The summed E-state index contributed by atoms with van der Waals surface area (Å²) in [5.74, 6) is 5.21. The number of nitrogens with zero attached hydrogens (tertiary/aromatic N) is 1. The highest BCUT2D eigenvalue weighted by Gasteiger charge is 2.13. The zero-order valence-electron chi connectivity index (χ0n) is 10.4.